The largest absolute Gasteiger partial charge is 0.455 e. The van der Waals surface area contributed by atoms with Crippen molar-refractivity contribution < 1.29 is 22.3 Å². The molecule has 0 saturated heterocycles. The van der Waals surface area contributed by atoms with Gasteiger partial charge in [0.15, 0.2) is 5.75 Å². The first-order valence-corrected chi connectivity index (χ1v) is 11.7. The second kappa shape index (κ2) is 11.0. The Morgan fingerprint density at radius 3 is 2.47 bits per heavy atom. The number of nitriles is 1. The van der Waals surface area contributed by atoms with E-state index in [9.17, 15) is 17.6 Å². The van der Waals surface area contributed by atoms with E-state index in [0.717, 1.165) is 11.8 Å². The molecule has 0 aliphatic heterocycles. The van der Waals surface area contributed by atoms with Crippen LogP contribution in [0, 0.1) is 17.1 Å². The minimum absolute atomic E-state index is 0.0117. The van der Waals surface area contributed by atoms with E-state index in [-0.39, 0.29) is 27.8 Å². The van der Waals surface area contributed by atoms with Crippen molar-refractivity contribution in [3.8, 4) is 17.6 Å². The summed E-state index contributed by atoms with van der Waals surface area (Å²) in [5, 5.41) is 11.2. The number of hydrogen-bond acceptors (Lipinski definition) is 6. The first kappa shape index (κ1) is 23.7. The quantitative estimate of drug-likeness (QED) is 0.551. The third-order valence-electron chi connectivity index (χ3n) is 4.01. The predicted octanol–water partition coefficient (Wildman–Crippen LogP) is 3.84. The molecule has 0 aliphatic rings. The maximum Gasteiger partial charge on any atom is 0.243 e. The van der Waals surface area contributed by atoms with Crippen LogP contribution in [0.1, 0.15) is 13.8 Å². The van der Waals surface area contributed by atoms with Gasteiger partial charge in [0.2, 0.25) is 15.9 Å². The van der Waals surface area contributed by atoms with E-state index in [1.54, 1.807) is 13.8 Å². The molecule has 0 atom stereocenters. The lowest BCUT2D eigenvalue weighted by Crippen LogP contribution is -2.30. The summed E-state index contributed by atoms with van der Waals surface area (Å²) < 4.78 is 45.8. The van der Waals surface area contributed by atoms with Gasteiger partial charge in [-0.25, -0.2) is 12.8 Å². The number of hydrogen-bond donors (Lipinski definition) is 1. The van der Waals surface area contributed by atoms with Crippen molar-refractivity contribution in [1.29, 1.82) is 5.26 Å². The molecule has 2 aromatic carbocycles. The molecule has 0 saturated carbocycles. The van der Waals surface area contributed by atoms with E-state index in [1.807, 2.05) is 6.07 Å². The number of ether oxygens (including phenoxy) is 1. The number of nitrogens with one attached hydrogen (secondary N) is 1. The lowest BCUT2D eigenvalue weighted by atomic mass is 10.2. The van der Waals surface area contributed by atoms with Crippen LogP contribution in [0.2, 0.25) is 0 Å². The fourth-order valence-corrected chi connectivity index (χ4v) is 4.51. The molecule has 0 spiro atoms. The van der Waals surface area contributed by atoms with Crippen LogP contribution in [-0.2, 0) is 14.8 Å². The van der Waals surface area contributed by atoms with Gasteiger partial charge in [-0.2, -0.15) is 9.57 Å². The summed E-state index contributed by atoms with van der Waals surface area (Å²) in [6, 6.07) is 11.4. The Morgan fingerprint density at radius 2 is 1.87 bits per heavy atom. The second-order valence-electron chi connectivity index (χ2n) is 6.00. The maximum absolute atomic E-state index is 13.1. The van der Waals surface area contributed by atoms with E-state index in [4.69, 9.17) is 10.00 Å². The van der Waals surface area contributed by atoms with Crippen LogP contribution in [0.25, 0.3) is 0 Å². The highest BCUT2D eigenvalue weighted by Crippen LogP contribution is 2.33. The molecular weight excluding hydrogens is 429 g/mol. The number of halogens is 1. The van der Waals surface area contributed by atoms with Gasteiger partial charge in [0.05, 0.1) is 28.2 Å². The number of benzene rings is 2. The molecule has 2 rings (SSSR count). The van der Waals surface area contributed by atoms with Crippen LogP contribution in [0.3, 0.4) is 0 Å². The summed E-state index contributed by atoms with van der Waals surface area (Å²) in [5.74, 6) is -0.120. The van der Waals surface area contributed by atoms with E-state index in [0.29, 0.717) is 18.8 Å². The smallest absolute Gasteiger partial charge is 0.243 e. The molecule has 0 heterocycles. The summed E-state index contributed by atoms with van der Waals surface area (Å²) >= 11 is 1.13. The van der Waals surface area contributed by atoms with Crippen molar-refractivity contribution in [3.63, 3.8) is 0 Å². The molecule has 10 heteroatoms. The Kier molecular flexibility index (Phi) is 8.65. The molecule has 1 amide bonds. The number of thioether (sulfide) groups is 1. The minimum atomic E-state index is -3.75. The average Bonchev–Trinajstić information content (AvgIpc) is 2.71. The number of nitrogens with zero attached hydrogens (tertiary/aromatic N) is 2. The third kappa shape index (κ3) is 6.19. The van der Waals surface area contributed by atoms with E-state index < -0.39 is 21.7 Å². The van der Waals surface area contributed by atoms with Gasteiger partial charge < -0.3 is 10.1 Å². The molecule has 0 aromatic heterocycles. The number of sulfonamides is 1. The van der Waals surface area contributed by atoms with Gasteiger partial charge >= 0.3 is 0 Å². The highest BCUT2D eigenvalue weighted by Gasteiger charge is 2.23. The number of amides is 1. The minimum Gasteiger partial charge on any atom is -0.455 e. The summed E-state index contributed by atoms with van der Waals surface area (Å²) in [6.45, 7) is 4.09. The van der Waals surface area contributed by atoms with Crippen LogP contribution in [0.4, 0.5) is 10.1 Å². The molecule has 0 bridgehead atoms. The van der Waals surface area contributed by atoms with Crippen molar-refractivity contribution in [2.45, 2.75) is 18.7 Å². The fraction of sp³-hybridized carbons (Fsp3) is 0.300. The number of anilines is 1. The van der Waals surface area contributed by atoms with Crippen molar-refractivity contribution in [1.82, 2.24) is 4.31 Å². The molecule has 0 unspecified atom stereocenters. The lowest BCUT2D eigenvalue weighted by molar-refractivity contribution is -0.113. The number of carbonyl (C=O) groups is 1. The molecule has 1 N–H and O–H groups in total. The van der Waals surface area contributed by atoms with Gasteiger partial charge in [-0.15, -0.1) is 11.8 Å². The van der Waals surface area contributed by atoms with Gasteiger partial charge in [0.1, 0.15) is 11.6 Å². The zero-order valence-electron chi connectivity index (χ0n) is 16.6. The number of carbonyl (C=O) groups excluding carboxylic acids is 1. The van der Waals surface area contributed by atoms with Crippen LogP contribution in [0.15, 0.2) is 47.4 Å². The molecular formula is C20H22FN3O4S2. The highest BCUT2D eigenvalue weighted by molar-refractivity contribution is 8.00. The molecule has 0 aliphatic carbocycles. The Bertz CT molecular complexity index is 1020. The Morgan fingerprint density at radius 1 is 1.20 bits per heavy atom. The third-order valence-corrected chi connectivity index (χ3v) is 6.85. The fourth-order valence-electron chi connectivity index (χ4n) is 2.57. The van der Waals surface area contributed by atoms with Crippen molar-refractivity contribution in [2.24, 2.45) is 0 Å². The van der Waals surface area contributed by atoms with E-state index >= 15 is 0 Å². The molecule has 0 radical (unpaired) electrons. The number of rotatable bonds is 10. The monoisotopic (exact) mass is 451 g/mol. The van der Waals surface area contributed by atoms with Crippen LogP contribution >= 0.6 is 11.8 Å². The zero-order valence-corrected chi connectivity index (χ0v) is 18.2. The SMILES string of the molecule is CCN(CC)S(=O)(=O)c1ccc(Oc2ccc(F)cc2)c(NC(=O)CSCC#N)c1. The average molecular weight is 452 g/mol. The topological polar surface area (TPSA) is 99.5 Å². The molecule has 30 heavy (non-hydrogen) atoms. The molecule has 0 fully saturated rings. The molecule has 7 nitrogen and oxygen atoms in total. The Hall–Kier alpha value is -2.61. The van der Waals surface area contributed by atoms with Gasteiger partial charge in [-0.1, -0.05) is 13.8 Å². The van der Waals surface area contributed by atoms with Crippen LogP contribution < -0.4 is 10.1 Å². The highest BCUT2D eigenvalue weighted by atomic mass is 32.2. The van der Waals surface area contributed by atoms with Gasteiger partial charge in [-0.3, -0.25) is 4.79 Å². The maximum atomic E-state index is 13.1. The van der Waals surface area contributed by atoms with Gasteiger partial charge in [0, 0.05) is 13.1 Å². The summed E-state index contributed by atoms with van der Waals surface area (Å²) in [5.41, 5.74) is 0.162. The van der Waals surface area contributed by atoms with Crippen molar-refractivity contribution >= 4 is 33.4 Å². The standard InChI is InChI=1S/C20H22FN3O4S2/c1-3-24(4-2)30(26,27)17-9-10-19(28-16-7-5-15(21)6-8-16)18(13-17)23-20(25)14-29-12-11-22/h5-10,13H,3-4,12,14H2,1-2H3,(H,23,25). The first-order chi connectivity index (χ1) is 14.3. The zero-order chi connectivity index (χ0) is 22.1. The Labute approximate surface area is 179 Å². The predicted molar refractivity (Wildman–Crippen MR) is 115 cm³/mol. The molecule has 160 valence electrons. The van der Waals surface area contributed by atoms with Crippen molar-refractivity contribution in [3.05, 3.63) is 48.3 Å². The normalized spacial score (nSPS) is 11.2. The van der Waals surface area contributed by atoms with Crippen molar-refractivity contribution in [2.75, 3.05) is 29.9 Å². The first-order valence-electron chi connectivity index (χ1n) is 9.14. The Balaban J connectivity index is 2.39. The van der Waals surface area contributed by atoms with Gasteiger partial charge in [-0.05, 0) is 42.5 Å². The second-order valence-corrected chi connectivity index (χ2v) is 8.93. The summed E-state index contributed by atoms with van der Waals surface area (Å²) in [7, 11) is -3.75. The van der Waals surface area contributed by atoms with Gasteiger partial charge in [0.25, 0.3) is 0 Å². The van der Waals surface area contributed by atoms with E-state index in [1.165, 1.54) is 46.8 Å². The summed E-state index contributed by atoms with van der Waals surface area (Å²) in [4.78, 5) is 12.2. The summed E-state index contributed by atoms with van der Waals surface area (Å²) in [6.07, 6.45) is 0. The molecule has 2 aromatic rings. The lowest BCUT2D eigenvalue weighted by Gasteiger charge is -2.20. The van der Waals surface area contributed by atoms with Crippen LogP contribution in [-0.4, -0.2) is 43.2 Å². The van der Waals surface area contributed by atoms with E-state index in [2.05, 4.69) is 5.32 Å². The van der Waals surface area contributed by atoms with Crippen LogP contribution in [0.5, 0.6) is 11.5 Å².